The molecule has 0 fully saturated rings. The van der Waals surface area contributed by atoms with Gasteiger partial charge in [0, 0.05) is 11.8 Å². The Labute approximate surface area is 80.0 Å². The second-order valence-corrected chi connectivity index (χ2v) is 3.29. The average molecular weight is 179 g/mol. The van der Waals surface area contributed by atoms with Crippen molar-refractivity contribution in [2.24, 2.45) is 0 Å². The Balaban J connectivity index is 2.75. The first-order valence-corrected chi connectivity index (χ1v) is 4.78. The third-order valence-electron chi connectivity index (χ3n) is 2.18. The normalized spacial score (nSPS) is 12.5. The molecule has 0 N–H and O–H groups in total. The quantitative estimate of drug-likeness (QED) is 0.708. The van der Waals surface area contributed by atoms with Gasteiger partial charge in [0.05, 0.1) is 7.11 Å². The number of aromatic nitrogens is 1. The molecule has 0 aliphatic carbocycles. The summed E-state index contributed by atoms with van der Waals surface area (Å²) in [5.41, 5.74) is 1.13. The molecule has 0 aliphatic heterocycles. The second kappa shape index (κ2) is 4.85. The molecule has 0 saturated carbocycles. The van der Waals surface area contributed by atoms with Crippen molar-refractivity contribution in [1.29, 1.82) is 0 Å². The van der Waals surface area contributed by atoms with Crippen molar-refractivity contribution >= 4 is 0 Å². The lowest BCUT2D eigenvalue weighted by atomic mass is 10.0. The molecule has 72 valence electrons. The van der Waals surface area contributed by atoms with Gasteiger partial charge in [0.1, 0.15) is 0 Å². The van der Waals surface area contributed by atoms with Crippen LogP contribution in [0.25, 0.3) is 0 Å². The summed E-state index contributed by atoms with van der Waals surface area (Å²) in [7, 11) is 1.65. The minimum absolute atomic E-state index is 0.528. The van der Waals surface area contributed by atoms with E-state index >= 15 is 0 Å². The lowest BCUT2D eigenvalue weighted by Crippen LogP contribution is -1.98. The summed E-state index contributed by atoms with van der Waals surface area (Å²) in [5, 5.41) is 0. The fourth-order valence-corrected chi connectivity index (χ4v) is 1.40. The molecule has 1 rings (SSSR count). The Morgan fingerprint density at radius 3 is 2.85 bits per heavy atom. The summed E-state index contributed by atoms with van der Waals surface area (Å²) >= 11 is 0. The molecule has 1 aromatic heterocycles. The van der Waals surface area contributed by atoms with Gasteiger partial charge in [0.2, 0.25) is 5.88 Å². The third-order valence-corrected chi connectivity index (χ3v) is 2.18. The number of pyridine rings is 1. The van der Waals surface area contributed by atoms with Crippen LogP contribution in [0.3, 0.4) is 0 Å². The first kappa shape index (κ1) is 10.0. The molecular weight excluding hydrogens is 162 g/mol. The molecule has 2 nitrogen and oxygen atoms in total. The van der Waals surface area contributed by atoms with Crippen molar-refractivity contribution in [2.45, 2.75) is 32.6 Å². The zero-order valence-electron chi connectivity index (χ0n) is 8.58. The van der Waals surface area contributed by atoms with Gasteiger partial charge < -0.3 is 4.74 Å². The first-order chi connectivity index (χ1) is 6.27. The van der Waals surface area contributed by atoms with Crippen molar-refractivity contribution < 1.29 is 4.74 Å². The Kier molecular flexibility index (Phi) is 3.74. The largest absolute Gasteiger partial charge is 0.481 e. The molecule has 0 aliphatic rings. The van der Waals surface area contributed by atoms with Crippen LogP contribution in [0.15, 0.2) is 18.2 Å². The van der Waals surface area contributed by atoms with Crippen LogP contribution in [0.5, 0.6) is 5.88 Å². The Morgan fingerprint density at radius 2 is 2.23 bits per heavy atom. The molecule has 1 atom stereocenters. The fourth-order valence-electron chi connectivity index (χ4n) is 1.40. The van der Waals surface area contributed by atoms with Crippen LogP contribution in [0.1, 0.15) is 38.3 Å². The maximum atomic E-state index is 5.07. The number of hydrogen-bond donors (Lipinski definition) is 0. The van der Waals surface area contributed by atoms with E-state index in [1.54, 1.807) is 7.11 Å². The summed E-state index contributed by atoms with van der Waals surface area (Å²) in [6, 6.07) is 5.93. The zero-order valence-corrected chi connectivity index (χ0v) is 8.58. The standard InChI is InChI=1S/C11H17NO/c1-4-6-9(2)10-7-5-8-11(12-10)13-3/h5,7-9H,4,6H2,1-3H3. The van der Waals surface area contributed by atoms with Crippen molar-refractivity contribution in [1.82, 2.24) is 4.98 Å². The topological polar surface area (TPSA) is 22.1 Å². The summed E-state index contributed by atoms with van der Waals surface area (Å²) in [6.45, 7) is 4.39. The number of hydrogen-bond acceptors (Lipinski definition) is 2. The van der Waals surface area contributed by atoms with Crippen LogP contribution >= 0.6 is 0 Å². The maximum absolute atomic E-state index is 5.07. The van der Waals surface area contributed by atoms with Crippen molar-refractivity contribution in [3.8, 4) is 5.88 Å². The predicted molar refractivity (Wildman–Crippen MR) is 54.1 cm³/mol. The Hall–Kier alpha value is -1.05. The number of nitrogens with zero attached hydrogens (tertiary/aromatic N) is 1. The highest BCUT2D eigenvalue weighted by atomic mass is 16.5. The molecular formula is C11H17NO. The molecule has 0 radical (unpaired) electrons. The smallest absolute Gasteiger partial charge is 0.213 e. The minimum atomic E-state index is 0.528. The van der Waals surface area contributed by atoms with Gasteiger partial charge in [-0.1, -0.05) is 26.3 Å². The van der Waals surface area contributed by atoms with E-state index in [4.69, 9.17) is 4.74 Å². The van der Waals surface area contributed by atoms with E-state index in [-0.39, 0.29) is 0 Å². The van der Waals surface area contributed by atoms with E-state index in [0.717, 1.165) is 5.69 Å². The molecule has 0 amide bonds. The van der Waals surface area contributed by atoms with E-state index in [2.05, 4.69) is 24.9 Å². The van der Waals surface area contributed by atoms with Gasteiger partial charge in [0.15, 0.2) is 0 Å². The van der Waals surface area contributed by atoms with E-state index < -0.39 is 0 Å². The van der Waals surface area contributed by atoms with Gasteiger partial charge in [-0.15, -0.1) is 0 Å². The first-order valence-electron chi connectivity index (χ1n) is 4.78. The third kappa shape index (κ3) is 2.72. The minimum Gasteiger partial charge on any atom is -0.481 e. The SMILES string of the molecule is CCCC(C)c1cccc(OC)n1. The number of rotatable bonds is 4. The van der Waals surface area contributed by atoms with Gasteiger partial charge in [-0.25, -0.2) is 4.98 Å². The van der Waals surface area contributed by atoms with Crippen LogP contribution in [0.2, 0.25) is 0 Å². The van der Waals surface area contributed by atoms with Gasteiger partial charge in [0.25, 0.3) is 0 Å². The molecule has 2 heteroatoms. The molecule has 0 bridgehead atoms. The molecule has 1 heterocycles. The zero-order chi connectivity index (χ0) is 9.68. The van der Waals surface area contributed by atoms with Gasteiger partial charge >= 0.3 is 0 Å². The van der Waals surface area contributed by atoms with Crippen LogP contribution < -0.4 is 4.74 Å². The summed E-state index contributed by atoms with van der Waals surface area (Å²) in [5.74, 6) is 1.24. The van der Waals surface area contributed by atoms with Crippen molar-refractivity contribution in [2.75, 3.05) is 7.11 Å². The molecule has 0 saturated heterocycles. The molecule has 0 aromatic carbocycles. The van der Waals surface area contributed by atoms with Crippen LogP contribution in [0.4, 0.5) is 0 Å². The van der Waals surface area contributed by atoms with Gasteiger partial charge in [-0.3, -0.25) is 0 Å². The van der Waals surface area contributed by atoms with E-state index in [9.17, 15) is 0 Å². The van der Waals surface area contributed by atoms with Crippen LogP contribution in [-0.2, 0) is 0 Å². The van der Waals surface area contributed by atoms with Crippen LogP contribution in [-0.4, -0.2) is 12.1 Å². The lowest BCUT2D eigenvalue weighted by Gasteiger charge is -2.09. The number of ether oxygens (including phenoxy) is 1. The fraction of sp³-hybridized carbons (Fsp3) is 0.545. The summed E-state index contributed by atoms with van der Waals surface area (Å²) in [6.07, 6.45) is 2.38. The second-order valence-electron chi connectivity index (χ2n) is 3.29. The van der Waals surface area contributed by atoms with Gasteiger partial charge in [-0.05, 0) is 18.4 Å². The molecule has 0 spiro atoms. The Bertz CT molecular complexity index is 260. The van der Waals surface area contributed by atoms with Crippen molar-refractivity contribution in [3.63, 3.8) is 0 Å². The van der Waals surface area contributed by atoms with E-state index in [1.807, 2.05) is 12.1 Å². The highest BCUT2D eigenvalue weighted by Crippen LogP contribution is 2.20. The van der Waals surface area contributed by atoms with Crippen molar-refractivity contribution in [3.05, 3.63) is 23.9 Å². The maximum Gasteiger partial charge on any atom is 0.213 e. The summed E-state index contributed by atoms with van der Waals surface area (Å²) in [4.78, 5) is 4.39. The van der Waals surface area contributed by atoms with Crippen LogP contribution in [0, 0.1) is 0 Å². The van der Waals surface area contributed by atoms with E-state index in [1.165, 1.54) is 12.8 Å². The van der Waals surface area contributed by atoms with E-state index in [0.29, 0.717) is 11.8 Å². The number of methoxy groups -OCH3 is 1. The Morgan fingerprint density at radius 1 is 1.46 bits per heavy atom. The lowest BCUT2D eigenvalue weighted by molar-refractivity contribution is 0.394. The molecule has 1 unspecified atom stereocenters. The molecule has 1 aromatic rings. The predicted octanol–water partition coefficient (Wildman–Crippen LogP) is 2.99. The summed E-state index contributed by atoms with van der Waals surface area (Å²) < 4.78 is 5.07. The average Bonchev–Trinajstić information content (AvgIpc) is 2.18. The molecule has 13 heavy (non-hydrogen) atoms. The highest BCUT2D eigenvalue weighted by molar-refractivity contribution is 5.17. The van der Waals surface area contributed by atoms with Gasteiger partial charge in [-0.2, -0.15) is 0 Å². The monoisotopic (exact) mass is 179 g/mol. The highest BCUT2D eigenvalue weighted by Gasteiger charge is 2.06.